The van der Waals surface area contributed by atoms with E-state index in [9.17, 15) is 9.18 Å². The number of benzene rings is 1. The van der Waals surface area contributed by atoms with Gasteiger partial charge in [0.1, 0.15) is 11.9 Å². The van der Waals surface area contributed by atoms with Gasteiger partial charge in [-0.15, -0.1) is 12.4 Å². The first-order valence-electron chi connectivity index (χ1n) is 4.57. The number of carbonyl (C=O) groups is 1. The molecule has 0 aliphatic rings. The summed E-state index contributed by atoms with van der Waals surface area (Å²) in [6.45, 7) is 0.0421. The highest BCUT2D eigenvalue weighted by atomic mass is 79.9. The molecule has 0 radical (unpaired) electrons. The second-order valence-electron chi connectivity index (χ2n) is 3.07. The topological polar surface area (TPSA) is 64.3 Å². The third-order valence-electron chi connectivity index (χ3n) is 1.98. The maximum absolute atomic E-state index is 13.4. The molecule has 0 aliphatic heterocycles. The third kappa shape index (κ3) is 4.59. The van der Waals surface area contributed by atoms with E-state index in [2.05, 4.69) is 21.2 Å². The van der Waals surface area contributed by atoms with Gasteiger partial charge in [-0.2, -0.15) is 0 Å². The van der Waals surface area contributed by atoms with E-state index >= 15 is 0 Å². The van der Waals surface area contributed by atoms with E-state index in [1.807, 2.05) is 0 Å². The molecular formula is C10H13BrClFN2O2. The Morgan fingerprint density at radius 1 is 1.65 bits per heavy atom. The van der Waals surface area contributed by atoms with Gasteiger partial charge in [-0.3, -0.25) is 4.79 Å². The maximum Gasteiger partial charge on any atom is 0.254 e. The highest BCUT2D eigenvalue weighted by molar-refractivity contribution is 9.10. The molecule has 7 heteroatoms. The van der Waals surface area contributed by atoms with Crippen molar-refractivity contribution in [3.05, 3.63) is 28.5 Å². The number of halogens is 3. The van der Waals surface area contributed by atoms with Crippen molar-refractivity contribution in [2.45, 2.75) is 6.10 Å². The number of ether oxygens (including phenoxy) is 1. The Hall–Kier alpha value is -0.690. The van der Waals surface area contributed by atoms with Gasteiger partial charge in [0, 0.05) is 18.1 Å². The Morgan fingerprint density at radius 2 is 2.29 bits per heavy atom. The molecule has 17 heavy (non-hydrogen) atoms. The van der Waals surface area contributed by atoms with Gasteiger partial charge in [0.15, 0.2) is 0 Å². The third-order valence-corrected chi connectivity index (χ3v) is 2.47. The number of carbonyl (C=O) groups excluding carboxylic acids is 1. The smallest absolute Gasteiger partial charge is 0.254 e. The van der Waals surface area contributed by atoms with Crippen LogP contribution in [0.25, 0.3) is 0 Å². The van der Waals surface area contributed by atoms with Gasteiger partial charge in [0.05, 0.1) is 5.69 Å². The van der Waals surface area contributed by atoms with Crippen molar-refractivity contribution in [3.63, 3.8) is 0 Å². The number of nitrogens with one attached hydrogen (secondary N) is 1. The van der Waals surface area contributed by atoms with Crippen molar-refractivity contribution < 1.29 is 13.9 Å². The van der Waals surface area contributed by atoms with Crippen molar-refractivity contribution in [1.29, 1.82) is 0 Å². The SMILES string of the molecule is COC(CN)C(=O)Nc1ccc(Br)cc1F.Cl. The van der Waals surface area contributed by atoms with Crippen LogP contribution in [0.15, 0.2) is 22.7 Å². The van der Waals surface area contributed by atoms with E-state index in [1.54, 1.807) is 6.07 Å². The summed E-state index contributed by atoms with van der Waals surface area (Å²) in [4.78, 5) is 11.5. The van der Waals surface area contributed by atoms with Gasteiger partial charge in [-0.25, -0.2) is 4.39 Å². The first-order valence-corrected chi connectivity index (χ1v) is 5.36. The molecule has 0 fully saturated rings. The standard InChI is InChI=1S/C10H12BrFN2O2.ClH/c1-16-9(5-13)10(15)14-8-3-2-6(11)4-7(8)12;/h2-4,9H,5,13H2,1H3,(H,14,15);1H. The Labute approximate surface area is 113 Å². The second kappa shape index (κ2) is 7.60. The molecule has 3 N–H and O–H groups in total. The van der Waals surface area contributed by atoms with Gasteiger partial charge in [0.25, 0.3) is 5.91 Å². The Bertz CT molecular complexity index is 389. The van der Waals surface area contributed by atoms with Gasteiger partial charge in [0.2, 0.25) is 0 Å². The van der Waals surface area contributed by atoms with Gasteiger partial charge >= 0.3 is 0 Å². The van der Waals surface area contributed by atoms with Crippen LogP contribution in [-0.2, 0) is 9.53 Å². The highest BCUT2D eigenvalue weighted by Crippen LogP contribution is 2.19. The summed E-state index contributed by atoms with van der Waals surface area (Å²) in [6, 6.07) is 4.35. The minimum atomic E-state index is -0.775. The van der Waals surface area contributed by atoms with E-state index in [0.29, 0.717) is 4.47 Å². The fraction of sp³-hybridized carbons (Fsp3) is 0.300. The van der Waals surface area contributed by atoms with Crippen LogP contribution in [0.1, 0.15) is 0 Å². The molecule has 1 unspecified atom stereocenters. The van der Waals surface area contributed by atoms with E-state index in [4.69, 9.17) is 10.5 Å². The second-order valence-corrected chi connectivity index (χ2v) is 3.99. The van der Waals surface area contributed by atoms with E-state index in [-0.39, 0.29) is 24.6 Å². The average molecular weight is 328 g/mol. The van der Waals surface area contributed by atoms with Crippen molar-refractivity contribution in [2.75, 3.05) is 19.0 Å². The lowest BCUT2D eigenvalue weighted by Crippen LogP contribution is -2.36. The number of hydrogen-bond acceptors (Lipinski definition) is 3. The van der Waals surface area contributed by atoms with Crippen molar-refractivity contribution in [2.24, 2.45) is 5.73 Å². The fourth-order valence-corrected chi connectivity index (χ4v) is 1.45. The minimum Gasteiger partial charge on any atom is -0.370 e. The summed E-state index contributed by atoms with van der Waals surface area (Å²) in [5.41, 5.74) is 5.41. The summed E-state index contributed by atoms with van der Waals surface area (Å²) in [5.74, 6) is -0.985. The van der Waals surface area contributed by atoms with Crippen molar-refractivity contribution in [1.82, 2.24) is 0 Å². The predicted molar refractivity (Wildman–Crippen MR) is 69.8 cm³/mol. The largest absolute Gasteiger partial charge is 0.370 e. The molecule has 1 atom stereocenters. The van der Waals surface area contributed by atoms with E-state index in [0.717, 1.165) is 0 Å². The van der Waals surface area contributed by atoms with Gasteiger partial charge in [-0.05, 0) is 18.2 Å². The molecule has 0 bridgehead atoms. The Morgan fingerprint density at radius 3 is 2.76 bits per heavy atom. The van der Waals surface area contributed by atoms with Crippen LogP contribution < -0.4 is 11.1 Å². The first-order chi connectivity index (χ1) is 7.58. The zero-order chi connectivity index (χ0) is 12.1. The van der Waals surface area contributed by atoms with Crippen molar-refractivity contribution >= 4 is 39.9 Å². The van der Waals surface area contributed by atoms with Crippen molar-refractivity contribution in [3.8, 4) is 0 Å². The predicted octanol–water partition coefficient (Wildman–Crippen LogP) is 1.92. The molecule has 0 aliphatic carbocycles. The summed E-state index contributed by atoms with van der Waals surface area (Å²) in [7, 11) is 1.37. The molecular weight excluding hydrogens is 314 g/mol. The lowest BCUT2D eigenvalue weighted by Gasteiger charge is -2.13. The first kappa shape index (κ1) is 16.3. The molecule has 1 aromatic carbocycles. The number of methoxy groups -OCH3 is 1. The molecule has 0 spiro atoms. The van der Waals surface area contributed by atoms with E-state index in [1.165, 1.54) is 19.2 Å². The van der Waals surface area contributed by atoms with Gasteiger partial charge < -0.3 is 15.8 Å². The monoisotopic (exact) mass is 326 g/mol. The van der Waals surface area contributed by atoms with E-state index < -0.39 is 17.8 Å². The van der Waals surface area contributed by atoms with Crippen LogP contribution in [0.2, 0.25) is 0 Å². The van der Waals surface area contributed by atoms with Crippen LogP contribution in [0.4, 0.5) is 10.1 Å². The normalized spacial score (nSPS) is 11.5. The van der Waals surface area contributed by atoms with Crippen LogP contribution in [0.5, 0.6) is 0 Å². The summed E-state index contributed by atoms with van der Waals surface area (Å²) in [6.07, 6.45) is -0.775. The molecule has 1 aromatic rings. The fourth-order valence-electron chi connectivity index (χ4n) is 1.11. The van der Waals surface area contributed by atoms with Crippen LogP contribution in [0.3, 0.4) is 0 Å². The number of hydrogen-bond donors (Lipinski definition) is 2. The van der Waals surface area contributed by atoms with Crippen LogP contribution >= 0.6 is 28.3 Å². The number of amides is 1. The molecule has 4 nitrogen and oxygen atoms in total. The zero-order valence-corrected chi connectivity index (χ0v) is 11.5. The molecule has 0 saturated carbocycles. The molecule has 0 heterocycles. The molecule has 0 saturated heterocycles. The number of nitrogens with two attached hydrogens (primary N) is 1. The highest BCUT2D eigenvalue weighted by Gasteiger charge is 2.17. The molecule has 96 valence electrons. The lowest BCUT2D eigenvalue weighted by molar-refractivity contribution is -0.125. The van der Waals surface area contributed by atoms with Gasteiger partial charge in [-0.1, -0.05) is 15.9 Å². The molecule has 1 rings (SSSR count). The van der Waals surface area contributed by atoms with Crippen LogP contribution in [0, 0.1) is 5.82 Å². The Balaban J connectivity index is 0.00000256. The minimum absolute atomic E-state index is 0. The van der Waals surface area contributed by atoms with Crippen LogP contribution in [-0.4, -0.2) is 25.7 Å². The lowest BCUT2D eigenvalue weighted by atomic mass is 10.2. The average Bonchev–Trinajstić information content (AvgIpc) is 2.24. The quantitative estimate of drug-likeness (QED) is 0.888. The zero-order valence-electron chi connectivity index (χ0n) is 9.07. The molecule has 0 aromatic heterocycles. The summed E-state index contributed by atoms with van der Waals surface area (Å²) < 4.78 is 18.8. The summed E-state index contributed by atoms with van der Waals surface area (Å²) in [5, 5.41) is 2.40. The maximum atomic E-state index is 13.4. The molecule has 1 amide bonds. The number of anilines is 1. The Kier molecular flexibility index (Phi) is 7.29. The number of rotatable bonds is 4. The summed E-state index contributed by atoms with van der Waals surface area (Å²) >= 11 is 3.12.